The van der Waals surface area contributed by atoms with Gasteiger partial charge in [0, 0.05) is 5.56 Å². The Balaban J connectivity index is 0.00000242. The number of aryl methyl sites for hydroxylation is 1. The number of rotatable bonds is 5. The summed E-state index contributed by atoms with van der Waals surface area (Å²) in [7, 11) is 0. The van der Waals surface area contributed by atoms with Gasteiger partial charge in [-0.15, -0.1) is 12.4 Å². The van der Waals surface area contributed by atoms with Gasteiger partial charge in [-0.2, -0.15) is 0 Å². The highest BCUT2D eigenvalue weighted by molar-refractivity contribution is 6.00. The lowest BCUT2D eigenvalue weighted by Crippen LogP contribution is -2.41. The molecule has 22 heavy (non-hydrogen) atoms. The molecule has 0 aliphatic heterocycles. The van der Waals surface area contributed by atoms with Crippen LogP contribution in [0.3, 0.4) is 0 Å². The first-order valence-corrected chi connectivity index (χ1v) is 6.32. The summed E-state index contributed by atoms with van der Waals surface area (Å²) in [6, 6.07) is 8.89. The lowest BCUT2D eigenvalue weighted by molar-refractivity contribution is 0.0118. The summed E-state index contributed by atoms with van der Waals surface area (Å²) in [6.07, 6.45) is 0. The van der Waals surface area contributed by atoms with Crippen LogP contribution in [0.2, 0.25) is 0 Å². The number of halogens is 3. The average Bonchev–Trinajstić information content (AvgIpc) is 2.88. The second-order valence-electron chi connectivity index (χ2n) is 4.57. The number of alkyl halides is 2. The van der Waals surface area contributed by atoms with Crippen molar-refractivity contribution in [2.45, 2.75) is 12.8 Å². The zero-order valence-electron chi connectivity index (χ0n) is 11.8. The Labute approximate surface area is 132 Å². The first-order valence-electron chi connectivity index (χ1n) is 6.32. The van der Waals surface area contributed by atoms with Crippen LogP contribution in [0.1, 0.15) is 16.1 Å². The molecular weight excluding hydrogens is 316 g/mol. The number of hydrogen-bond acceptors (Lipinski definition) is 4. The Morgan fingerprint density at radius 1 is 1.36 bits per heavy atom. The second-order valence-corrected chi connectivity index (χ2v) is 4.57. The van der Waals surface area contributed by atoms with Gasteiger partial charge in [0.2, 0.25) is 0 Å². The topological polar surface area (TPSA) is 81.2 Å². The van der Waals surface area contributed by atoms with E-state index >= 15 is 0 Å². The van der Waals surface area contributed by atoms with E-state index in [1.54, 1.807) is 31.2 Å². The molecule has 2 aromatic rings. The summed E-state index contributed by atoms with van der Waals surface area (Å²) in [4.78, 5) is 12.1. The SMILES string of the molecule is Cc1onc(-c2ccccc2)c1C(=O)NCC(F)(F)CN.Cl. The van der Waals surface area contributed by atoms with E-state index in [0.29, 0.717) is 11.3 Å². The third-order valence-corrected chi connectivity index (χ3v) is 2.94. The zero-order chi connectivity index (χ0) is 15.5. The summed E-state index contributed by atoms with van der Waals surface area (Å²) >= 11 is 0. The molecule has 0 spiro atoms. The maximum Gasteiger partial charge on any atom is 0.277 e. The molecule has 1 aromatic carbocycles. The Morgan fingerprint density at radius 3 is 2.59 bits per heavy atom. The van der Waals surface area contributed by atoms with Crippen LogP contribution in [0.25, 0.3) is 11.3 Å². The molecule has 5 nitrogen and oxygen atoms in total. The standard InChI is InChI=1S/C14H15F2N3O2.ClH/c1-9-11(13(20)18-8-14(15,16)7-17)12(19-21-9)10-5-3-2-4-6-10;/h2-6H,7-8,17H2,1H3,(H,18,20);1H. The predicted molar refractivity (Wildman–Crippen MR) is 80.3 cm³/mol. The highest BCUT2D eigenvalue weighted by Gasteiger charge is 2.29. The summed E-state index contributed by atoms with van der Waals surface area (Å²) in [6.45, 7) is -0.113. The van der Waals surface area contributed by atoms with Crippen LogP contribution in [-0.2, 0) is 0 Å². The number of hydrogen-bond donors (Lipinski definition) is 2. The molecule has 3 N–H and O–H groups in total. The number of nitrogens with two attached hydrogens (primary N) is 1. The van der Waals surface area contributed by atoms with E-state index in [4.69, 9.17) is 10.3 Å². The van der Waals surface area contributed by atoms with Crippen LogP contribution in [-0.4, -0.2) is 30.1 Å². The van der Waals surface area contributed by atoms with Gasteiger partial charge in [0.15, 0.2) is 0 Å². The monoisotopic (exact) mass is 331 g/mol. The third-order valence-electron chi connectivity index (χ3n) is 2.94. The molecule has 0 bridgehead atoms. The van der Waals surface area contributed by atoms with Gasteiger partial charge in [0.05, 0.1) is 13.1 Å². The number of nitrogens with zero attached hydrogens (tertiary/aromatic N) is 1. The van der Waals surface area contributed by atoms with Crippen molar-refractivity contribution in [1.82, 2.24) is 10.5 Å². The van der Waals surface area contributed by atoms with Gasteiger partial charge in [0.25, 0.3) is 11.8 Å². The minimum absolute atomic E-state index is 0. The Morgan fingerprint density at radius 2 is 2.00 bits per heavy atom. The maximum atomic E-state index is 13.1. The Bertz CT molecular complexity index is 632. The molecule has 0 saturated heterocycles. The fourth-order valence-electron chi connectivity index (χ4n) is 1.80. The van der Waals surface area contributed by atoms with Crippen molar-refractivity contribution in [3.63, 3.8) is 0 Å². The molecule has 0 saturated carbocycles. The van der Waals surface area contributed by atoms with Crippen LogP contribution >= 0.6 is 12.4 Å². The van der Waals surface area contributed by atoms with Crippen molar-refractivity contribution in [2.24, 2.45) is 5.73 Å². The molecule has 2 rings (SSSR count). The summed E-state index contributed by atoms with van der Waals surface area (Å²) in [5, 5.41) is 5.98. The summed E-state index contributed by atoms with van der Waals surface area (Å²) < 4.78 is 31.2. The Kier molecular flexibility index (Phi) is 6.01. The zero-order valence-corrected chi connectivity index (χ0v) is 12.6. The first kappa shape index (κ1) is 18.1. The van der Waals surface area contributed by atoms with E-state index < -0.39 is 24.9 Å². The molecule has 1 aromatic heterocycles. The number of aromatic nitrogens is 1. The number of benzene rings is 1. The lowest BCUT2D eigenvalue weighted by atomic mass is 10.1. The summed E-state index contributed by atoms with van der Waals surface area (Å²) in [5.74, 6) is -3.55. The predicted octanol–water partition coefficient (Wildman–Crippen LogP) is 2.40. The highest BCUT2D eigenvalue weighted by atomic mass is 35.5. The van der Waals surface area contributed by atoms with Gasteiger partial charge >= 0.3 is 0 Å². The highest BCUT2D eigenvalue weighted by Crippen LogP contribution is 2.25. The van der Waals surface area contributed by atoms with Crippen molar-refractivity contribution in [3.8, 4) is 11.3 Å². The van der Waals surface area contributed by atoms with Gasteiger partial charge in [-0.25, -0.2) is 8.78 Å². The first-order chi connectivity index (χ1) is 9.94. The molecule has 0 aliphatic rings. The van der Waals surface area contributed by atoms with E-state index in [1.165, 1.54) is 0 Å². The van der Waals surface area contributed by atoms with Crippen molar-refractivity contribution >= 4 is 18.3 Å². The van der Waals surface area contributed by atoms with E-state index in [0.717, 1.165) is 0 Å². The van der Waals surface area contributed by atoms with Crippen LogP contribution in [0, 0.1) is 6.92 Å². The van der Waals surface area contributed by atoms with Gasteiger partial charge in [-0.1, -0.05) is 35.5 Å². The number of carbonyl (C=O) groups is 1. The van der Waals surface area contributed by atoms with Gasteiger partial charge in [0.1, 0.15) is 17.0 Å². The quantitative estimate of drug-likeness (QED) is 0.881. The molecule has 120 valence electrons. The number of carbonyl (C=O) groups excluding carboxylic acids is 1. The van der Waals surface area contributed by atoms with Crippen LogP contribution < -0.4 is 11.1 Å². The number of amides is 1. The minimum Gasteiger partial charge on any atom is -0.360 e. The van der Waals surface area contributed by atoms with Crippen molar-refractivity contribution in [1.29, 1.82) is 0 Å². The molecule has 0 aliphatic carbocycles. The van der Waals surface area contributed by atoms with Crippen molar-refractivity contribution in [3.05, 3.63) is 41.7 Å². The van der Waals surface area contributed by atoms with Crippen LogP contribution in [0.15, 0.2) is 34.9 Å². The van der Waals surface area contributed by atoms with E-state index in [9.17, 15) is 13.6 Å². The molecule has 0 radical (unpaired) electrons. The van der Waals surface area contributed by atoms with E-state index in [-0.39, 0.29) is 23.7 Å². The normalized spacial score (nSPS) is 10.9. The molecule has 0 fully saturated rings. The van der Waals surface area contributed by atoms with Crippen molar-refractivity contribution < 1.29 is 18.1 Å². The number of nitrogens with one attached hydrogen (secondary N) is 1. The average molecular weight is 332 g/mol. The fourth-order valence-corrected chi connectivity index (χ4v) is 1.80. The van der Waals surface area contributed by atoms with Gasteiger partial charge in [-0.3, -0.25) is 4.79 Å². The van der Waals surface area contributed by atoms with E-state index in [1.807, 2.05) is 6.07 Å². The molecular formula is C14H16ClF2N3O2. The van der Waals surface area contributed by atoms with Gasteiger partial charge in [-0.05, 0) is 6.92 Å². The molecule has 0 unspecified atom stereocenters. The minimum atomic E-state index is -3.15. The van der Waals surface area contributed by atoms with Gasteiger partial charge < -0.3 is 15.6 Å². The second kappa shape index (κ2) is 7.33. The molecule has 1 amide bonds. The third kappa shape index (κ3) is 4.02. The van der Waals surface area contributed by atoms with Crippen LogP contribution in [0.4, 0.5) is 8.78 Å². The molecule has 0 atom stereocenters. The van der Waals surface area contributed by atoms with E-state index in [2.05, 4.69) is 10.5 Å². The molecule has 1 heterocycles. The summed E-state index contributed by atoms with van der Waals surface area (Å²) in [5.41, 5.74) is 6.07. The Hall–Kier alpha value is -1.99. The lowest BCUT2D eigenvalue weighted by Gasteiger charge is -2.14. The largest absolute Gasteiger partial charge is 0.360 e. The maximum absolute atomic E-state index is 13.1. The van der Waals surface area contributed by atoms with Crippen molar-refractivity contribution in [2.75, 3.05) is 13.1 Å². The van der Waals surface area contributed by atoms with Crippen LogP contribution in [0.5, 0.6) is 0 Å². The fraction of sp³-hybridized carbons (Fsp3) is 0.286. The smallest absolute Gasteiger partial charge is 0.277 e. The molecule has 8 heteroatoms.